The van der Waals surface area contributed by atoms with E-state index < -0.39 is 6.10 Å². The maximum absolute atomic E-state index is 15.0. The highest BCUT2D eigenvalue weighted by atomic mass is 19.1. The van der Waals surface area contributed by atoms with Crippen LogP contribution in [0.2, 0.25) is 0 Å². The lowest BCUT2D eigenvalue weighted by Crippen LogP contribution is -2.37. The Kier molecular flexibility index (Phi) is 6.63. The normalized spacial score (nSPS) is 19.8. The van der Waals surface area contributed by atoms with Gasteiger partial charge >= 0.3 is 0 Å². The van der Waals surface area contributed by atoms with E-state index in [0.29, 0.717) is 42.4 Å². The molecule has 0 spiro atoms. The Labute approximate surface area is 189 Å². The van der Waals surface area contributed by atoms with E-state index in [1.54, 1.807) is 17.0 Å². The maximum Gasteiger partial charge on any atom is 0.258 e. The summed E-state index contributed by atoms with van der Waals surface area (Å²) in [5.41, 5.74) is 3.81. The summed E-state index contributed by atoms with van der Waals surface area (Å²) in [7, 11) is 4.11. The van der Waals surface area contributed by atoms with Gasteiger partial charge in [-0.25, -0.2) is 4.39 Å². The van der Waals surface area contributed by atoms with E-state index in [-0.39, 0.29) is 11.7 Å². The molecule has 0 saturated carbocycles. The number of aliphatic hydroxyl groups excluding tert-OH is 1. The topological polar surface area (TPSA) is 47.0 Å². The van der Waals surface area contributed by atoms with E-state index in [1.807, 2.05) is 37.3 Å². The van der Waals surface area contributed by atoms with Crippen LogP contribution in [0.15, 0.2) is 42.5 Å². The summed E-state index contributed by atoms with van der Waals surface area (Å²) in [6, 6.07) is 11.3. The number of nitrogens with zero attached hydrogens (tertiary/aromatic N) is 3. The largest absolute Gasteiger partial charge is 0.389 e. The third kappa shape index (κ3) is 4.57. The predicted octanol–water partition coefficient (Wildman–Crippen LogP) is 3.95. The Hall–Kier alpha value is -2.70. The van der Waals surface area contributed by atoms with Gasteiger partial charge < -0.3 is 19.8 Å². The number of hydrogen-bond acceptors (Lipinski definition) is 4. The van der Waals surface area contributed by atoms with Crippen LogP contribution in [0.1, 0.15) is 41.3 Å². The second kappa shape index (κ2) is 9.43. The first-order valence-corrected chi connectivity index (χ1v) is 11.4. The molecule has 5 nitrogen and oxygen atoms in total. The molecule has 2 atom stereocenters. The van der Waals surface area contributed by atoms with Crippen molar-refractivity contribution in [2.45, 2.75) is 38.3 Å². The molecule has 0 aromatic heterocycles. The lowest BCUT2D eigenvalue weighted by Gasteiger charge is -2.30. The van der Waals surface area contributed by atoms with Gasteiger partial charge in [-0.2, -0.15) is 0 Å². The number of carbonyl (C=O) groups is 1. The number of hydrogen-bond donors (Lipinski definition) is 1. The van der Waals surface area contributed by atoms with Gasteiger partial charge in [0.05, 0.1) is 11.8 Å². The van der Waals surface area contributed by atoms with E-state index in [2.05, 4.69) is 23.9 Å². The molecule has 6 heteroatoms. The van der Waals surface area contributed by atoms with Crippen LogP contribution in [-0.4, -0.2) is 61.8 Å². The summed E-state index contributed by atoms with van der Waals surface area (Å²) in [4.78, 5) is 19.1. The first-order chi connectivity index (χ1) is 15.4. The molecule has 2 aliphatic rings. The Balaban J connectivity index is 1.51. The van der Waals surface area contributed by atoms with Crippen LogP contribution in [0, 0.1) is 5.82 Å². The van der Waals surface area contributed by atoms with Gasteiger partial charge in [-0.05, 0) is 68.8 Å². The minimum absolute atomic E-state index is 0.101. The fraction of sp³-hybridized carbons (Fsp3) is 0.423. The van der Waals surface area contributed by atoms with Crippen molar-refractivity contribution in [3.8, 4) is 0 Å². The highest BCUT2D eigenvalue weighted by Gasteiger charge is 2.28. The summed E-state index contributed by atoms with van der Waals surface area (Å²) in [6.07, 6.45) is 5.58. The van der Waals surface area contributed by atoms with Crippen LogP contribution in [0.4, 0.5) is 15.8 Å². The highest BCUT2D eigenvalue weighted by molar-refractivity contribution is 6.08. The van der Waals surface area contributed by atoms with Crippen LogP contribution in [0.5, 0.6) is 0 Å². The van der Waals surface area contributed by atoms with E-state index >= 15 is 4.39 Å². The Morgan fingerprint density at radius 1 is 1.22 bits per heavy atom. The van der Waals surface area contributed by atoms with Crippen molar-refractivity contribution in [3.63, 3.8) is 0 Å². The molecular formula is C26H32FN3O2. The molecule has 170 valence electrons. The van der Waals surface area contributed by atoms with Crippen LogP contribution in [0.3, 0.4) is 0 Å². The molecule has 32 heavy (non-hydrogen) atoms. The van der Waals surface area contributed by atoms with Crippen molar-refractivity contribution in [2.24, 2.45) is 0 Å². The van der Waals surface area contributed by atoms with Crippen LogP contribution >= 0.6 is 0 Å². The summed E-state index contributed by atoms with van der Waals surface area (Å²) >= 11 is 0. The first-order valence-electron chi connectivity index (χ1n) is 11.4. The van der Waals surface area contributed by atoms with Gasteiger partial charge in [-0.1, -0.05) is 31.2 Å². The number of carbonyl (C=O) groups excluding carboxylic acids is 1. The van der Waals surface area contributed by atoms with Crippen molar-refractivity contribution in [1.82, 2.24) is 4.90 Å². The van der Waals surface area contributed by atoms with Gasteiger partial charge in [-0.3, -0.25) is 4.79 Å². The van der Waals surface area contributed by atoms with E-state index in [1.165, 1.54) is 6.07 Å². The van der Waals surface area contributed by atoms with Gasteiger partial charge in [0.15, 0.2) is 0 Å². The molecule has 0 radical (unpaired) electrons. The zero-order valence-electron chi connectivity index (χ0n) is 19.1. The van der Waals surface area contributed by atoms with Crippen molar-refractivity contribution >= 4 is 23.4 Å². The highest BCUT2D eigenvalue weighted by Crippen LogP contribution is 2.31. The lowest BCUT2D eigenvalue weighted by molar-refractivity contribution is 0.0980. The predicted molar refractivity (Wildman–Crippen MR) is 128 cm³/mol. The quantitative estimate of drug-likeness (QED) is 0.743. The number of likely N-dealkylation sites (N-methyl/N-ethyl adjacent to an activating group) is 1. The average molecular weight is 438 g/mol. The summed E-state index contributed by atoms with van der Waals surface area (Å²) in [6.45, 7) is 4.09. The first kappa shape index (κ1) is 22.5. The van der Waals surface area contributed by atoms with Crippen LogP contribution in [-0.2, 0) is 6.42 Å². The molecule has 1 saturated heterocycles. The van der Waals surface area contributed by atoms with Crippen molar-refractivity contribution in [1.29, 1.82) is 0 Å². The molecule has 0 aliphatic carbocycles. The molecule has 1 fully saturated rings. The number of anilines is 2. The Bertz CT molecular complexity index is 1020. The minimum atomic E-state index is -0.463. The van der Waals surface area contributed by atoms with Crippen LogP contribution < -0.4 is 9.80 Å². The van der Waals surface area contributed by atoms with Gasteiger partial charge in [0.2, 0.25) is 0 Å². The van der Waals surface area contributed by atoms with E-state index in [4.69, 9.17) is 0 Å². The molecule has 1 amide bonds. The summed E-state index contributed by atoms with van der Waals surface area (Å²) < 4.78 is 15.0. The SMILES string of the molecule is CCC(O)C=Cc1ccc2c(c1)CCN(c1ccc(N3CCC(N(C)C)C3)c(F)c1)C2=O. The number of aliphatic hydroxyl groups is 1. The third-order valence-corrected chi connectivity index (χ3v) is 6.62. The second-order valence-electron chi connectivity index (χ2n) is 8.95. The number of fused-ring (bicyclic) bond motifs is 1. The number of rotatable bonds is 6. The standard InChI is InChI=1S/C26H32FN3O2/c1-4-22(31)8-5-18-6-9-23-19(15-18)11-14-30(26(23)32)20-7-10-25(24(27)16-20)29-13-12-21(17-29)28(2)3/h5-10,15-16,21-22,31H,4,11-14,17H2,1-3H3. The molecule has 2 heterocycles. The van der Waals surface area contributed by atoms with E-state index in [0.717, 1.165) is 30.6 Å². The Morgan fingerprint density at radius 2 is 2.03 bits per heavy atom. The van der Waals surface area contributed by atoms with Gasteiger partial charge in [0.25, 0.3) is 5.91 Å². The fourth-order valence-electron chi connectivity index (χ4n) is 4.52. The molecule has 2 unspecified atom stereocenters. The van der Waals surface area contributed by atoms with Crippen molar-refractivity contribution < 1.29 is 14.3 Å². The molecule has 2 aliphatic heterocycles. The monoisotopic (exact) mass is 437 g/mol. The zero-order chi connectivity index (χ0) is 22.8. The van der Waals surface area contributed by atoms with Crippen LogP contribution in [0.25, 0.3) is 6.08 Å². The maximum atomic E-state index is 15.0. The molecule has 4 rings (SSSR count). The third-order valence-electron chi connectivity index (χ3n) is 6.62. The molecule has 2 aromatic rings. The van der Waals surface area contributed by atoms with Gasteiger partial charge in [-0.15, -0.1) is 0 Å². The summed E-state index contributed by atoms with van der Waals surface area (Å²) in [5, 5.41) is 9.73. The summed E-state index contributed by atoms with van der Waals surface area (Å²) in [5.74, 6) is -0.383. The Morgan fingerprint density at radius 3 is 2.72 bits per heavy atom. The zero-order valence-corrected chi connectivity index (χ0v) is 19.1. The second-order valence-corrected chi connectivity index (χ2v) is 8.95. The van der Waals surface area contributed by atoms with Gasteiger partial charge in [0, 0.05) is 36.9 Å². The van der Waals surface area contributed by atoms with Crippen molar-refractivity contribution in [3.05, 3.63) is 65.0 Å². The molecule has 2 aromatic carbocycles. The molecule has 1 N–H and O–H groups in total. The number of halogens is 1. The molecular weight excluding hydrogens is 405 g/mol. The average Bonchev–Trinajstić information content (AvgIpc) is 3.28. The van der Waals surface area contributed by atoms with Crippen molar-refractivity contribution in [2.75, 3.05) is 43.5 Å². The lowest BCUT2D eigenvalue weighted by atomic mass is 9.96. The van der Waals surface area contributed by atoms with E-state index in [9.17, 15) is 9.90 Å². The minimum Gasteiger partial charge on any atom is -0.389 e. The smallest absolute Gasteiger partial charge is 0.258 e. The number of benzene rings is 2. The fourth-order valence-corrected chi connectivity index (χ4v) is 4.52. The van der Waals surface area contributed by atoms with Gasteiger partial charge in [0.1, 0.15) is 5.82 Å². The number of amides is 1. The molecule has 0 bridgehead atoms.